The van der Waals surface area contributed by atoms with Gasteiger partial charge < -0.3 is 14.8 Å². The average molecular weight is 675 g/mol. The fraction of sp³-hybridized carbons (Fsp3) is 0.720. The summed E-state index contributed by atoms with van der Waals surface area (Å²) in [6.07, 6.45) is -10.7. The number of carbonyl (C=O) groups is 1. The highest BCUT2D eigenvalue weighted by Gasteiger charge is 2.93. The normalized spacial score (nSPS) is 14.1. The zero-order valence-corrected chi connectivity index (χ0v) is 22.8. The van der Waals surface area contributed by atoms with E-state index in [9.17, 15) is 70.7 Å². The van der Waals surface area contributed by atoms with E-state index in [-0.39, 0.29) is 44.6 Å². The molecule has 0 saturated heterocycles. The molecule has 1 N–H and O–H groups in total. The van der Waals surface area contributed by atoms with Crippen molar-refractivity contribution in [3.05, 3.63) is 29.8 Å². The molecule has 1 rings (SSSR count). The monoisotopic (exact) mass is 675 g/mol. The van der Waals surface area contributed by atoms with E-state index >= 15 is 0 Å². The van der Waals surface area contributed by atoms with Crippen LogP contribution in [0.5, 0.6) is 0 Å². The summed E-state index contributed by atoms with van der Waals surface area (Å²) in [5, 5.41) is 2.94. The Hall–Kier alpha value is -2.60. The van der Waals surface area contributed by atoms with E-state index in [1.165, 1.54) is 12.1 Å². The van der Waals surface area contributed by atoms with Crippen molar-refractivity contribution in [2.75, 3.05) is 31.7 Å². The summed E-state index contributed by atoms with van der Waals surface area (Å²) in [5.74, 6) is -46.7. The van der Waals surface area contributed by atoms with E-state index in [1.54, 1.807) is 19.1 Å². The van der Waals surface area contributed by atoms with Gasteiger partial charge >= 0.3 is 47.7 Å². The Balaban J connectivity index is 2.60. The summed E-state index contributed by atoms with van der Waals surface area (Å²) in [6, 6.07) is 6.01. The topological polar surface area (TPSA) is 47.6 Å². The number of halogens is 15. The standard InChI is InChI=1S/C25H28F15NO3/c1-2-43-14-15-44-18(42)16-8-10-17(11-9-16)41-13-7-5-3-4-6-12-19(26,27)20(28,29)21(30,31)22(32,33)23(34,35)24(36,37)25(38,39)40/h8-11,41H,2-7,12-15H2,1H3. The molecular weight excluding hydrogens is 647 g/mol. The molecule has 0 fully saturated rings. The fourth-order valence-electron chi connectivity index (χ4n) is 3.54. The number of ether oxygens (including phenoxy) is 2. The molecule has 0 radical (unpaired) electrons. The summed E-state index contributed by atoms with van der Waals surface area (Å²) in [4.78, 5) is 11.9. The van der Waals surface area contributed by atoms with Crippen molar-refractivity contribution in [2.24, 2.45) is 0 Å². The van der Waals surface area contributed by atoms with Gasteiger partial charge in [0.15, 0.2) is 0 Å². The summed E-state index contributed by atoms with van der Waals surface area (Å²) in [7, 11) is 0. The minimum Gasteiger partial charge on any atom is -0.460 e. The molecule has 0 aliphatic rings. The van der Waals surface area contributed by atoms with Crippen LogP contribution in [0.25, 0.3) is 0 Å². The van der Waals surface area contributed by atoms with Crippen LogP contribution in [0.15, 0.2) is 24.3 Å². The minimum atomic E-state index is -8.26. The lowest BCUT2D eigenvalue weighted by atomic mass is 9.89. The Morgan fingerprint density at radius 1 is 0.636 bits per heavy atom. The summed E-state index contributed by atoms with van der Waals surface area (Å²) >= 11 is 0. The number of anilines is 1. The number of nitrogens with one attached hydrogen (secondary N) is 1. The Kier molecular flexibility index (Phi) is 13.1. The summed E-state index contributed by atoms with van der Waals surface area (Å²) in [5.41, 5.74) is 0.818. The highest BCUT2D eigenvalue weighted by molar-refractivity contribution is 5.89. The number of benzene rings is 1. The van der Waals surface area contributed by atoms with Crippen molar-refractivity contribution in [2.45, 2.75) is 87.2 Å². The number of unbranched alkanes of at least 4 members (excludes halogenated alkanes) is 4. The zero-order chi connectivity index (χ0) is 34.3. The summed E-state index contributed by atoms with van der Waals surface area (Å²) in [6.45, 7) is 2.79. The molecule has 0 aliphatic carbocycles. The lowest BCUT2D eigenvalue weighted by molar-refractivity contribution is -0.452. The van der Waals surface area contributed by atoms with Gasteiger partial charge in [-0.1, -0.05) is 19.3 Å². The molecule has 0 unspecified atom stereocenters. The van der Waals surface area contributed by atoms with Crippen LogP contribution in [-0.2, 0) is 9.47 Å². The minimum absolute atomic E-state index is 0.0122. The van der Waals surface area contributed by atoms with Gasteiger partial charge in [0, 0.05) is 25.3 Å². The second kappa shape index (κ2) is 14.7. The first-order valence-corrected chi connectivity index (χ1v) is 12.8. The molecule has 44 heavy (non-hydrogen) atoms. The van der Waals surface area contributed by atoms with Crippen LogP contribution in [-0.4, -0.2) is 74.0 Å². The Bertz CT molecular complexity index is 1040. The molecule has 0 bridgehead atoms. The van der Waals surface area contributed by atoms with Gasteiger partial charge in [-0.2, -0.15) is 65.9 Å². The van der Waals surface area contributed by atoms with Gasteiger partial charge in [-0.25, -0.2) is 4.79 Å². The lowest BCUT2D eigenvalue weighted by Crippen LogP contribution is -2.72. The van der Waals surface area contributed by atoms with Crippen molar-refractivity contribution >= 4 is 11.7 Å². The molecule has 0 aliphatic heterocycles. The zero-order valence-electron chi connectivity index (χ0n) is 22.8. The fourth-order valence-corrected chi connectivity index (χ4v) is 3.54. The first-order valence-electron chi connectivity index (χ1n) is 12.8. The molecule has 0 saturated carbocycles. The molecule has 19 heteroatoms. The predicted molar refractivity (Wildman–Crippen MR) is 125 cm³/mol. The van der Waals surface area contributed by atoms with Crippen molar-refractivity contribution < 1.29 is 80.1 Å². The maximum absolute atomic E-state index is 13.9. The molecule has 4 nitrogen and oxygen atoms in total. The van der Waals surface area contributed by atoms with E-state index in [4.69, 9.17) is 9.47 Å². The van der Waals surface area contributed by atoms with Gasteiger partial charge in [-0.05, 0) is 44.0 Å². The number of rotatable bonds is 19. The molecule has 0 atom stereocenters. The van der Waals surface area contributed by atoms with Crippen LogP contribution in [0.2, 0.25) is 0 Å². The molecular formula is C25H28F15NO3. The molecule has 1 aromatic rings. The van der Waals surface area contributed by atoms with E-state index in [2.05, 4.69) is 5.32 Å². The quantitative estimate of drug-likeness (QED) is 0.0904. The number of esters is 1. The van der Waals surface area contributed by atoms with Crippen LogP contribution < -0.4 is 5.32 Å². The van der Waals surface area contributed by atoms with Gasteiger partial charge in [-0.3, -0.25) is 0 Å². The van der Waals surface area contributed by atoms with E-state index in [0.717, 1.165) is 0 Å². The Morgan fingerprint density at radius 3 is 1.64 bits per heavy atom. The maximum Gasteiger partial charge on any atom is 0.460 e. The van der Waals surface area contributed by atoms with Crippen molar-refractivity contribution in [3.8, 4) is 0 Å². The van der Waals surface area contributed by atoms with Crippen LogP contribution in [0.3, 0.4) is 0 Å². The van der Waals surface area contributed by atoms with E-state index in [0.29, 0.717) is 18.7 Å². The lowest BCUT2D eigenvalue weighted by Gasteiger charge is -2.41. The van der Waals surface area contributed by atoms with Crippen LogP contribution in [0.4, 0.5) is 71.5 Å². The maximum atomic E-state index is 13.9. The molecule has 0 spiro atoms. The number of carbonyl (C=O) groups excluding carboxylic acids is 1. The van der Waals surface area contributed by atoms with Gasteiger partial charge in [0.1, 0.15) is 6.61 Å². The highest BCUT2D eigenvalue weighted by atomic mass is 19.4. The predicted octanol–water partition coefficient (Wildman–Crippen LogP) is 9.01. The van der Waals surface area contributed by atoms with E-state index in [1.807, 2.05) is 0 Å². The average Bonchev–Trinajstić information content (AvgIpc) is 2.91. The second-order valence-electron chi connectivity index (χ2n) is 9.43. The van der Waals surface area contributed by atoms with Crippen molar-refractivity contribution in [1.29, 1.82) is 0 Å². The molecule has 0 amide bonds. The van der Waals surface area contributed by atoms with Crippen molar-refractivity contribution in [1.82, 2.24) is 0 Å². The second-order valence-corrected chi connectivity index (χ2v) is 9.43. The molecule has 256 valence electrons. The highest BCUT2D eigenvalue weighted by Crippen LogP contribution is 2.62. The smallest absolute Gasteiger partial charge is 0.460 e. The molecule has 0 heterocycles. The van der Waals surface area contributed by atoms with Crippen LogP contribution in [0.1, 0.15) is 55.8 Å². The Labute approximate surface area is 241 Å². The van der Waals surface area contributed by atoms with Gasteiger partial charge in [0.05, 0.1) is 12.2 Å². The van der Waals surface area contributed by atoms with Crippen LogP contribution >= 0.6 is 0 Å². The molecule has 0 aromatic heterocycles. The third kappa shape index (κ3) is 8.35. The first kappa shape index (κ1) is 39.4. The first-order chi connectivity index (χ1) is 19.9. The Morgan fingerprint density at radius 2 is 1.11 bits per heavy atom. The van der Waals surface area contributed by atoms with Gasteiger partial charge in [-0.15, -0.1) is 0 Å². The number of hydrogen-bond donors (Lipinski definition) is 1. The third-order valence-electron chi connectivity index (χ3n) is 6.17. The van der Waals surface area contributed by atoms with E-state index < -0.39 is 60.5 Å². The van der Waals surface area contributed by atoms with Gasteiger partial charge in [0.25, 0.3) is 0 Å². The van der Waals surface area contributed by atoms with Gasteiger partial charge in [0.2, 0.25) is 0 Å². The number of hydrogen-bond acceptors (Lipinski definition) is 4. The SMILES string of the molecule is CCOCCOC(=O)c1ccc(NCCCCCCCC(F)(F)C(F)(F)C(F)(F)C(F)(F)C(F)(F)C(F)(F)C(F)(F)F)cc1. The summed E-state index contributed by atoms with van der Waals surface area (Å²) < 4.78 is 208. The van der Waals surface area contributed by atoms with Crippen LogP contribution in [0, 0.1) is 0 Å². The number of alkyl halides is 15. The van der Waals surface area contributed by atoms with Crippen molar-refractivity contribution in [3.63, 3.8) is 0 Å². The third-order valence-corrected chi connectivity index (χ3v) is 6.17. The molecule has 1 aromatic carbocycles. The largest absolute Gasteiger partial charge is 0.460 e.